The highest BCUT2D eigenvalue weighted by Crippen LogP contribution is 2.36. The Bertz CT molecular complexity index is 989. The summed E-state index contributed by atoms with van der Waals surface area (Å²) in [5, 5.41) is 0.699. The molecule has 3 aromatic rings. The van der Waals surface area contributed by atoms with E-state index in [-0.39, 0.29) is 5.82 Å². The molecule has 2 aromatic heterocycles. The molecule has 0 aliphatic heterocycles. The lowest BCUT2D eigenvalue weighted by Crippen LogP contribution is -1.99. The van der Waals surface area contributed by atoms with Crippen LogP contribution in [-0.2, 0) is 0 Å². The summed E-state index contributed by atoms with van der Waals surface area (Å²) in [5.74, 6) is -0.315. The van der Waals surface area contributed by atoms with Crippen molar-refractivity contribution in [2.24, 2.45) is 4.99 Å². The van der Waals surface area contributed by atoms with Crippen molar-refractivity contribution in [3.63, 3.8) is 0 Å². The first-order valence-corrected chi connectivity index (χ1v) is 8.98. The second-order valence-electron chi connectivity index (χ2n) is 5.50. The minimum Gasteiger partial charge on any atom is -0.261 e. The SMILES string of the molecule is C=C/C=C(\N=CC)c1c(-c2ccccn2)c(C)nc2ccc(F)cc12.CC. The topological polar surface area (TPSA) is 38.1 Å². The van der Waals surface area contributed by atoms with Crippen LogP contribution in [0.3, 0.4) is 0 Å². The van der Waals surface area contributed by atoms with Gasteiger partial charge in [0, 0.05) is 34.6 Å². The average Bonchev–Trinajstić information content (AvgIpc) is 2.69. The molecule has 0 atom stereocenters. The summed E-state index contributed by atoms with van der Waals surface area (Å²) in [6.07, 6.45) is 6.92. The lowest BCUT2D eigenvalue weighted by atomic mass is 9.95. The Morgan fingerprint density at radius 2 is 1.96 bits per heavy atom. The smallest absolute Gasteiger partial charge is 0.123 e. The predicted octanol–water partition coefficient (Wildman–Crippen LogP) is 6.39. The van der Waals surface area contributed by atoms with Crippen molar-refractivity contribution < 1.29 is 4.39 Å². The van der Waals surface area contributed by atoms with E-state index in [0.717, 1.165) is 28.0 Å². The molecule has 138 valence electrons. The van der Waals surface area contributed by atoms with Gasteiger partial charge in [0.05, 0.1) is 16.9 Å². The van der Waals surface area contributed by atoms with Gasteiger partial charge in [0.2, 0.25) is 0 Å². The first kappa shape index (κ1) is 20.2. The summed E-state index contributed by atoms with van der Waals surface area (Å²) >= 11 is 0. The van der Waals surface area contributed by atoms with Crippen LogP contribution in [0.1, 0.15) is 32.0 Å². The molecule has 0 aliphatic rings. The Kier molecular flexibility index (Phi) is 7.12. The quantitative estimate of drug-likeness (QED) is 0.399. The normalized spacial score (nSPS) is 11.4. The van der Waals surface area contributed by atoms with Crippen molar-refractivity contribution in [3.8, 4) is 11.3 Å². The van der Waals surface area contributed by atoms with Crippen LogP contribution in [-0.4, -0.2) is 16.2 Å². The third-order valence-electron chi connectivity index (χ3n) is 3.85. The number of fused-ring (bicyclic) bond motifs is 1. The number of aryl methyl sites for hydroxylation is 1. The highest BCUT2D eigenvalue weighted by molar-refractivity contribution is 5.99. The Labute approximate surface area is 160 Å². The first-order valence-electron chi connectivity index (χ1n) is 8.98. The number of benzene rings is 1. The zero-order valence-electron chi connectivity index (χ0n) is 16.2. The van der Waals surface area contributed by atoms with Crippen LogP contribution in [0.5, 0.6) is 0 Å². The summed E-state index contributed by atoms with van der Waals surface area (Å²) in [5.41, 5.74) is 4.65. The van der Waals surface area contributed by atoms with Gasteiger partial charge in [-0.3, -0.25) is 15.0 Å². The largest absolute Gasteiger partial charge is 0.261 e. The molecule has 1 aromatic carbocycles. The van der Waals surface area contributed by atoms with Gasteiger partial charge in [0.1, 0.15) is 5.82 Å². The van der Waals surface area contributed by atoms with Crippen molar-refractivity contribution in [1.29, 1.82) is 0 Å². The molecule has 0 saturated carbocycles. The maximum atomic E-state index is 14.0. The van der Waals surface area contributed by atoms with E-state index in [0.29, 0.717) is 11.1 Å². The number of aliphatic imine (C=N–C) groups is 1. The van der Waals surface area contributed by atoms with E-state index in [1.54, 1.807) is 24.6 Å². The van der Waals surface area contributed by atoms with Gasteiger partial charge in [-0.15, -0.1) is 0 Å². The Hall–Kier alpha value is -3.14. The van der Waals surface area contributed by atoms with Gasteiger partial charge in [-0.2, -0.15) is 0 Å². The van der Waals surface area contributed by atoms with Crippen molar-refractivity contribution in [1.82, 2.24) is 9.97 Å². The molecule has 2 heterocycles. The molecule has 0 unspecified atom stereocenters. The van der Waals surface area contributed by atoms with Gasteiger partial charge < -0.3 is 0 Å². The van der Waals surface area contributed by atoms with E-state index in [1.165, 1.54) is 12.1 Å². The van der Waals surface area contributed by atoms with E-state index in [9.17, 15) is 4.39 Å². The van der Waals surface area contributed by atoms with E-state index in [1.807, 2.05) is 52.0 Å². The number of rotatable bonds is 4. The summed E-state index contributed by atoms with van der Waals surface area (Å²) < 4.78 is 14.0. The Morgan fingerprint density at radius 3 is 2.59 bits per heavy atom. The highest BCUT2D eigenvalue weighted by atomic mass is 19.1. The fourth-order valence-corrected chi connectivity index (χ4v) is 2.89. The summed E-state index contributed by atoms with van der Waals surface area (Å²) in [6, 6.07) is 10.3. The molecule has 0 bridgehead atoms. The number of aromatic nitrogens is 2. The maximum Gasteiger partial charge on any atom is 0.123 e. The van der Waals surface area contributed by atoms with Crippen LogP contribution in [0.15, 0.2) is 66.3 Å². The zero-order valence-corrected chi connectivity index (χ0v) is 16.2. The van der Waals surface area contributed by atoms with Crippen LogP contribution in [0.4, 0.5) is 4.39 Å². The Balaban J connectivity index is 0.00000126. The van der Waals surface area contributed by atoms with Crippen molar-refractivity contribution in [3.05, 3.63) is 78.4 Å². The molecule has 0 amide bonds. The summed E-state index contributed by atoms with van der Waals surface area (Å²) in [4.78, 5) is 13.6. The number of nitrogens with zero attached hydrogens (tertiary/aromatic N) is 3. The molecular formula is C23H24FN3. The maximum absolute atomic E-state index is 14.0. The molecule has 0 aliphatic carbocycles. The number of allylic oxidation sites excluding steroid dienone is 2. The zero-order chi connectivity index (χ0) is 19.8. The second-order valence-corrected chi connectivity index (χ2v) is 5.50. The summed E-state index contributed by atoms with van der Waals surface area (Å²) in [7, 11) is 0. The Morgan fingerprint density at radius 1 is 1.19 bits per heavy atom. The molecule has 27 heavy (non-hydrogen) atoms. The lowest BCUT2D eigenvalue weighted by Gasteiger charge is -2.15. The average molecular weight is 361 g/mol. The monoisotopic (exact) mass is 361 g/mol. The van der Waals surface area contributed by atoms with E-state index in [4.69, 9.17) is 0 Å². The van der Waals surface area contributed by atoms with E-state index >= 15 is 0 Å². The number of hydrogen-bond acceptors (Lipinski definition) is 3. The summed E-state index contributed by atoms with van der Waals surface area (Å²) in [6.45, 7) is 11.5. The lowest BCUT2D eigenvalue weighted by molar-refractivity contribution is 0.629. The van der Waals surface area contributed by atoms with Crippen molar-refractivity contribution >= 4 is 22.8 Å². The van der Waals surface area contributed by atoms with Gasteiger partial charge in [-0.05, 0) is 50.3 Å². The van der Waals surface area contributed by atoms with Crippen LogP contribution in [0.25, 0.3) is 27.9 Å². The van der Waals surface area contributed by atoms with Gasteiger partial charge in [-0.1, -0.05) is 32.6 Å². The molecule has 3 rings (SSSR count). The van der Waals surface area contributed by atoms with Gasteiger partial charge in [-0.25, -0.2) is 4.39 Å². The molecule has 0 radical (unpaired) electrons. The highest BCUT2D eigenvalue weighted by Gasteiger charge is 2.18. The third-order valence-corrected chi connectivity index (χ3v) is 3.85. The number of halogens is 1. The van der Waals surface area contributed by atoms with Gasteiger partial charge in [0.15, 0.2) is 0 Å². The fraction of sp³-hybridized carbons (Fsp3) is 0.174. The number of hydrogen-bond donors (Lipinski definition) is 0. The van der Waals surface area contributed by atoms with Crippen LogP contribution >= 0.6 is 0 Å². The van der Waals surface area contributed by atoms with Crippen LogP contribution in [0.2, 0.25) is 0 Å². The minimum absolute atomic E-state index is 0.315. The molecule has 0 fully saturated rings. The van der Waals surface area contributed by atoms with E-state index < -0.39 is 0 Å². The molecule has 0 spiro atoms. The van der Waals surface area contributed by atoms with Crippen molar-refractivity contribution in [2.45, 2.75) is 27.7 Å². The minimum atomic E-state index is -0.315. The molecule has 0 saturated heterocycles. The molecule has 0 N–H and O–H groups in total. The molecule has 3 nitrogen and oxygen atoms in total. The van der Waals surface area contributed by atoms with Crippen LogP contribution in [0, 0.1) is 12.7 Å². The second kappa shape index (κ2) is 9.53. The molecule has 4 heteroatoms. The van der Waals surface area contributed by atoms with Gasteiger partial charge in [0.25, 0.3) is 0 Å². The van der Waals surface area contributed by atoms with Crippen LogP contribution < -0.4 is 0 Å². The third kappa shape index (κ3) is 4.34. The van der Waals surface area contributed by atoms with E-state index in [2.05, 4.69) is 21.5 Å². The fourth-order valence-electron chi connectivity index (χ4n) is 2.89. The standard InChI is InChI=1S/C21H18FN3.C2H6/c1-4-8-18(23-5-2)21-16-13-15(22)10-11-17(16)25-14(3)20(21)19-9-6-7-12-24-19;1-2/h4-13H,1H2,2-3H3;1-2H3/b18-8-,23-5?;. The van der Waals surface area contributed by atoms with Crippen molar-refractivity contribution in [2.75, 3.05) is 0 Å². The predicted molar refractivity (Wildman–Crippen MR) is 113 cm³/mol. The first-order chi connectivity index (χ1) is 13.2. The van der Waals surface area contributed by atoms with Gasteiger partial charge >= 0.3 is 0 Å². The molecular weight excluding hydrogens is 337 g/mol. The number of pyridine rings is 2.